The van der Waals surface area contributed by atoms with Crippen LogP contribution < -0.4 is 4.90 Å². The van der Waals surface area contributed by atoms with Crippen molar-refractivity contribution in [3.05, 3.63) is 24.0 Å². The van der Waals surface area contributed by atoms with Crippen molar-refractivity contribution in [3.63, 3.8) is 0 Å². The van der Waals surface area contributed by atoms with Gasteiger partial charge in [0.15, 0.2) is 5.78 Å². The molecule has 0 aromatic carbocycles. The van der Waals surface area contributed by atoms with Gasteiger partial charge in [0, 0.05) is 13.0 Å². The van der Waals surface area contributed by atoms with Crippen LogP contribution in [0.2, 0.25) is 0 Å². The Morgan fingerprint density at radius 3 is 2.47 bits per heavy atom. The van der Waals surface area contributed by atoms with Crippen LogP contribution in [0.25, 0.3) is 0 Å². The van der Waals surface area contributed by atoms with Crippen molar-refractivity contribution in [1.82, 2.24) is 4.98 Å². The number of hydrogen-bond donors (Lipinski definition) is 0. The molecule has 1 aromatic rings. The minimum Gasteiger partial charge on any atom is -0.465 e. The molecule has 0 aliphatic heterocycles. The summed E-state index contributed by atoms with van der Waals surface area (Å²) in [5.74, 6) is -0.347. The largest absolute Gasteiger partial charge is 0.465 e. The Kier molecular flexibility index (Phi) is 5.48. The summed E-state index contributed by atoms with van der Waals surface area (Å²) in [4.78, 5) is 28.7. The summed E-state index contributed by atoms with van der Waals surface area (Å²) < 4.78 is 4.95. The lowest BCUT2D eigenvalue weighted by Crippen LogP contribution is -2.36. The van der Waals surface area contributed by atoms with E-state index < -0.39 is 0 Å². The van der Waals surface area contributed by atoms with Crippen molar-refractivity contribution in [2.45, 2.75) is 33.7 Å². The fourth-order valence-corrected chi connectivity index (χ4v) is 1.68. The van der Waals surface area contributed by atoms with Gasteiger partial charge in [-0.05, 0) is 32.9 Å². The summed E-state index contributed by atoms with van der Waals surface area (Å²) in [7, 11) is 0. The van der Waals surface area contributed by atoms with Crippen LogP contribution >= 0.6 is 0 Å². The van der Waals surface area contributed by atoms with E-state index in [4.69, 9.17) is 4.74 Å². The predicted molar refractivity (Wildman–Crippen MR) is 73.4 cm³/mol. The van der Waals surface area contributed by atoms with Crippen molar-refractivity contribution in [2.24, 2.45) is 0 Å². The Labute approximate surface area is 113 Å². The molecule has 0 aliphatic rings. The molecule has 5 nitrogen and oxygen atoms in total. The van der Waals surface area contributed by atoms with Crippen LogP contribution in [0.15, 0.2) is 18.3 Å². The van der Waals surface area contributed by atoms with Crippen LogP contribution in [0.5, 0.6) is 0 Å². The van der Waals surface area contributed by atoms with E-state index in [2.05, 4.69) is 4.98 Å². The van der Waals surface area contributed by atoms with Crippen LogP contribution in [0, 0.1) is 0 Å². The van der Waals surface area contributed by atoms with Crippen molar-refractivity contribution in [2.75, 3.05) is 18.1 Å². The summed E-state index contributed by atoms with van der Waals surface area (Å²) in [6.07, 6.45) is 1.61. The number of carbonyl (C=O) groups is 2. The summed E-state index contributed by atoms with van der Waals surface area (Å²) in [6.45, 7) is 7.76. The van der Waals surface area contributed by atoms with E-state index in [1.165, 1.54) is 6.92 Å². The van der Waals surface area contributed by atoms with Crippen molar-refractivity contribution >= 4 is 17.4 Å². The zero-order chi connectivity index (χ0) is 14.4. The molecule has 1 heterocycles. The first-order valence-electron chi connectivity index (χ1n) is 6.35. The Morgan fingerprint density at radius 2 is 2.05 bits per heavy atom. The first-order chi connectivity index (χ1) is 8.95. The topological polar surface area (TPSA) is 59.5 Å². The van der Waals surface area contributed by atoms with Crippen molar-refractivity contribution < 1.29 is 14.3 Å². The van der Waals surface area contributed by atoms with Crippen LogP contribution in [-0.4, -0.2) is 35.9 Å². The fourth-order valence-electron chi connectivity index (χ4n) is 1.68. The Bertz CT molecular complexity index is 441. The van der Waals surface area contributed by atoms with E-state index in [0.29, 0.717) is 12.3 Å². The second-order valence-corrected chi connectivity index (χ2v) is 4.48. The second kappa shape index (κ2) is 6.87. The normalized spacial score (nSPS) is 10.4. The molecule has 0 saturated heterocycles. The van der Waals surface area contributed by atoms with Crippen LogP contribution in [0.1, 0.15) is 38.2 Å². The summed E-state index contributed by atoms with van der Waals surface area (Å²) in [5.41, 5.74) is 1.22. The molecular weight excluding hydrogens is 244 g/mol. The maximum Gasteiger partial charge on any atom is 0.325 e. The molecule has 0 saturated carbocycles. The number of hydrogen-bond acceptors (Lipinski definition) is 5. The van der Waals surface area contributed by atoms with Gasteiger partial charge >= 0.3 is 5.97 Å². The maximum atomic E-state index is 11.6. The number of pyridine rings is 1. The van der Waals surface area contributed by atoms with Crippen LogP contribution in [0.4, 0.5) is 5.69 Å². The van der Waals surface area contributed by atoms with E-state index in [9.17, 15) is 9.59 Å². The molecule has 0 atom stereocenters. The van der Waals surface area contributed by atoms with Gasteiger partial charge in [0.25, 0.3) is 0 Å². The predicted octanol–water partition coefficient (Wildman–Crippen LogP) is 2.06. The van der Waals surface area contributed by atoms with Gasteiger partial charge in [-0.15, -0.1) is 0 Å². The molecule has 1 rings (SSSR count). The van der Waals surface area contributed by atoms with E-state index in [1.54, 1.807) is 25.3 Å². The molecule has 5 heteroatoms. The number of aromatic nitrogens is 1. The lowest BCUT2D eigenvalue weighted by Gasteiger charge is -2.27. The Hall–Kier alpha value is -1.91. The summed E-state index contributed by atoms with van der Waals surface area (Å²) >= 11 is 0. The maximum absolute atomic E-state index is 11.6. The number of esters is 1. The minimum absolute atomic E-state index is 0.0759. The molecule has 104 valence electrons. The first-order valence-corrected chi connectivity index (χ1v) is 6.35. The molecule has 0 bridgehead atoms. The average molecular weight is 264 g/mol. The van der Waals surface area contributed by atoms with Crippen molar-refractivity contribution in [1.29, 1.82) is 0 Å². The van der Waals surface area contributed by atoms with Gasteiger partial charge < -0.3 is 9.64 Å². The first kappa shape index (κ1) is 15.1. The number of rotatable bonds is 6. The second-order valence-electron chi connectivity index (χ2n) is 4.48. The number of ketones is 1. The highest BCUT2D eigenvalue weighted by atomic mass is 16.5. The van der Waals surface area contributed by atoms with Gasteiger partial charge in [-0.3, -0.25) is 14.6 Å². The smallest absolute Gasteiger partial charge is 0.325 e. The SMILES string of the molecule is CCOC(=O)CN(c1ccc(C(C)=O)nc1)C(C)C. The molecule has 0 N–H and O–H groups in total. The molecule has 0 amide bonds. The van der Waals surface area contributed by atoms with Gasteiger partial charge in [0.1, 0.15) is 12.2 Å². The number of anilines is 1. The molecule has 19 heavy (non-hydrogen) atoms. The molecule has 1 aromatic heterocycles. The molecule has 0 unspecified atom stereocenters. The highest BCUT2D eigenvalue weighted by molar-refractivity contribution is 5.92. The molecule has 0 spiro atoms. The van der Waals surface area contributed by atoms with Gasteiger partial charge in [-0.2, -0.15) is 0 Å². The fraction of sp³-hybridized carbons (Fsp3) is 0.500. The van der Waals surface area contributed by atoms with Gasteiger partial charge in [0.05, 0.1) is 18.5 Å². The van der Waals surface area contributed by atoms with E-state index in [-0.39, 0.29) is 24.3 Å². The minimum atomic E-state index is -0.271. The van der Waals surface area contributed by atoms with Crippen LogP contribution in [-0.2, 0) is 9.53 Å². The average Bonchev–Trinajstić information content (AvgIpc) is 2.36. The number of nitrogens with zero attached hydrogens (tertiary/aromatic N) is 2. The monoisotopic (exact) mass is 264 g/mol. The highest BCUT2D eigenvalue weighted by Crippen LogP contribution is 2.16. The number of carbonyl (C=O) groups excluding carboxylic acids is 2. The van der Waals surface area contributed by atoms with Gasteiger partial charge in [-0.25, -0.2) is 0 Å². The lowest BCUT2D eigenvalue weighted by molar-refractivity contribution is -0.141. The quantitative estimate of drug-likeness (QED) is 0.581. The highest BCUT2D eigenvalue weighted by Gasteiger charge is 2.16. The third kappa shape index (κ3) is 4.35. The van der Waals surface area contributed by atoms with Crippen LogP contribution in [0.3, 0.4) is 0 Å². The van der Waals surface area contributed by atoms with E-state index >= 15 is 0 Å². The number of ether oxygens (including phenoxy) is 1. The zero-order valence-electron chi connectivity index (χ0n) is 11.8. The Morgan fingerprint density at radius 1 is 1.37 bits per heavy atom. The number of Topliss-reactive ketones (excluding diaryl/α,β-unsaturated/α-hetero) is 1. The zero-order valence-corrected chi connectivity index (χ0v) is 11.8. The van der Waals surface area contributed by atoms with Gasteiger partial charge in [-0.1, -0.05) is 0 Å². The third-order valence-electron chi connectivity index (χ3n) is 2.67. The standard InChI is InChI=1S/C14H20N2O3/c1-5-19-14(18)9-16(10(2)3)12-6-7-13(11(4)17)15-8-12/h6-8,10H,5,9H2,1-4H3. The molecular formula is C14H20N2O3. The summed E-state index contributed by atoms with van der Waals surface area (Å²) in [6, 6.07) is 3.59. The van der Waals surface area contributed by atoms with E-state index in [1.807, 2.05) is 18.7 Å². The Balaban J connectivity index is 2.87. The molecule has 0 radical (unpaired) electrons. The summed E-state index contributed by atoms with van der Waals surface area (Å²) in [5, 5.41) is 0. The van der Waals surface area contributed by atoms with Gasteiger partial charge in [0.2, 0.25) is 0 Å². The lowest BCUT2D eigenvalue weighted by atomic mass is 10.2. The third-order valence-corrected chi connectivity index (χ3v) is 2.67. The van der Waals surface area contributed by atoms with E-state index in [0.717, 1.165) is 5.69 Å². The molecule has 0 fully saturated rings. The van der Waals surface area contributed by atoms with Crippen molar-refractivity contribution in [3.8, 4) is 0 Å². The molecule has 0 aliphatic carbocycles.